The fourth-order valence-electron chi connectivity index (χ4n) is 2.27. The highest BCUT2D eigenvalue weighted by molar-refractivity contribution is 5.75. The molecule has 0 aliphatic heterocycles. The largest absolute Gasteiger partial charge is 0.573 e. The average molecular weight is 423 g/mol. The van der Waals surface area contributed by atoms with Gasteiger partial charge in [0.2, 0.25) is 5.95 Å². The number of anilines is 2. The van der Waals surface area contributed by atoms with Crippen LogP contribution in [0.25, 0.3) is 0 Å². The summed E-state index contributed by atoms with van der Waals surface area (Å²) in [5.41, 5.74) is -0.350. The number of nitriles is 1. The van der Waals surface area contributed by atoms with Crippen molar-refractivity contribution < 1.29 is 27.4 Å². The number of aromatic nitrogens is 2. The highest BCUT2D eigenvalue weighted by atomic mass is 19.4. The minimum atomic E-state index is -4.82. The van der Waals surface area contributed by atoms with E-state index in [1.54, 1.807) is 26.8 Å². The molecule has 1 aromatic carbocycles. The molecule has 0 unspecified atom stereocenters. The molecule has 0 spiro atoms. The number of para-hydroxylation sites is 1. The van der Waals surface area contributed by atoms with Crippen molar-refractivity contribution in [2.24, 2.45) is 0 Å². The van der Waals surface area contributed by atoms with Gasteiger partial charge in [0.1, 0.15) is 35.3 Å². The maximum atomic E-state index is 12.5. The van der Waals surface area contributed by atoms with Crippen LogP contribution in [0.4, 0.5) is 24.9 Å². The Balaban J connectivity index is 2.09. The van der Waals surface area contributed by atoms with Crippen LogP contribution < -0.4 is 15.4 Å². The highest BCUT2D eigenvalue weighted by Crippen LogP contribution is 2.26. The minimum absolute atomic E-state index is 0.0440. The number of ether oxygens (including phenoxy) is 2. The van der Waals surface area contributed by atoms with E-state index in [1.165, 1.54) is 24.4 Å². The van der Waals surface area contributed by atoms with Crippen molar-refractivity contribution in [3.8, 4) is 11.8 Å². The van der Waals surface area contributed by atoms with Crippen molar-refractivity contribution >= 4 is 17.7 Å². The lowest BCUT2D eigenvalue weighted by molar-refractivity contribution is -0.274. The molecule has 0 aliphatic rings. The molecule has 1 heterocycles. The predicted octanol–water partition coefficient (Wildman–Crippen LogP) is 3.61. The van der Waals surface area contributed by atoms with E-state index in [1.807, 2.05) is 6.07 Å². The summed E-state index contributed by atoms with van der Waals surface area (Å²) < 4.78 is 46.8. The normalized spacial score (nSPS) is 11.4. The fraction of sp³-hybridized carbons (Fsp3) is 0.368. The van der Waals surface area contributed by atoms with E-state index in [0.717, 1.165) is 0 Å². The zero-order valence-corrected chi connectivity index (χ0v) is 16.5. The second kappa shape index (κ2) is 9.30. The number of hydrogen-bond donors (Lipinski definition) is 2. The highest BCUT2D eigenvalue weighted by Gasteiger charge is 2.32. The number of esters is 1. The van der Waals surface area contributed by atoms with E-state index in [2.05, 4.69) is 25.3 Å². The number of alkyl halides is 3. The summed E-state index contributed by atoms with van der Waals surface area (Å²) in [6.07, 6.45) is -3.59. The van der Waals surface area contributed by atoms with Gasteiger partial charge in [-0.25, -0.2) is 4.98 Å². The second-order valence-electron chi connectivity index (χ2n) is 7.02. The standard InChI is InChI=1S/C19H20F3N5O3/c1-18(2,3)30-15(28)11-24-16-13(8-23)10-26-17(27-16)25-9-12-6-4-5-7-14(12)29-19(20,21)22/h4-7,10H,9,11H2,1-3H3,(H2,24,25,26,27). The van der Waals surface area contributed by atoms with Gasteiger partial charge in [0.05, 0.1) is 6.20 Å². The Morgan fingerprint density at radius 1 is 1.20 bits per heavy atom. The van der Waals surface area contributed by atoms with Gasteiger partial charge in [-0.3, -0.25) is 4.79 Å². The number of benzene rings is 1. The molecule has 0 fully saturated rings. The molecular weight excluding hydrogens is 403 g/mol. The van der Waals surface area contributed by atoms with Gasteiger partial charge in [0.25, 0.3) is 0 Å². The molecule has 0 atom stereocenters. The molecule has 0 bridgehead atoms. The lowest BCUT2D eigenvalue weighted by Gasteiger charge is -2.19. The first-order chi connectivity index (χ1) is 14.0. The minimum Gasteiger partial charge on any atom is -0.459 e. The zero-order chi connectivity index (χ0) is 22.4. The molecule has 1 aromatic heterocycles. The first-order valence-electron chi connectivity index (χ1n) is 8.77. The van der Waals surface area contributed by atoms with E-state index in [0.29, 0.717) is 0 Å². The predicted molar refractivity (Wildman–Crippen MR) is 102 cm³/mol. The van der Waals surface area contributed by atoms with Crippen LogP contribution >= 0.6 is 0 Å². The summed E-state index contributed by atoms with van der Waals surface area (Å²) in [6, 6.07) is 7.52. The Kier molecular flexibility index (Phi) is 7.05. The zero-order valence-electron chi connectivity index (χ0n) is 16.5. The van der Waals surface area contributed by atoms with Crippen LogP contribution in [-0.4, -0.2) is 34.4 Å². The van der Waals surface area contributed by atoms with Crippen molar-refractivity contribution in [3.63, 3.8) is 0 Å². The quantitative estimate of drug-likeness (QED) is 0.650. The van der Waals surface area contributed by atoms with Gasteiger partial charge in [0, 0.05) is 12.1 Å². The second-order valence-corrected chi connectivity index (χ2v) is 7.02. The van der Waals surface area contributed by atoms with Crippen LogP contribution in [0.15, 0.2) is 30.5 Å². The van der Waals surface area contributed by atoms with Crippen LogP contribution in [0.3, 0.4) is 0 Å². The van der Waals surface area contributed by atoms with Gasteiger partial charge >= 0.3 is 12.3 Å². The molecular formula is C19H20F3N5O3. The topological polar surface area (TPSA) is 109 Å². The molecule has 8 nitrogen and oxygen atoms in total. The number of carbonyl (C=O) groups excluding carboxylic acids is 1. The first kappa shape index (κ1) is 22.7. The van der Waals surface area contributed by atoms with Crippen molar-refractivity contribution in [1.82, 2.24) is 9.97 Å². The number of rotatable bonds is 7. The van der Waals surface area contributed by atoms with Crippen molar-refractivity contribution in [3.05, 3.63) is 41.6 Å². The van der Waals surface area contributed by atoms with Crippen LogP contribution in [0.2, 0.25) is 0 Å². The van der Waals surface area contributed by atoms with E-state index in [4.69, 9.17) is 4.74 Å². The third kappa shape index (κ3) is 7.46. The Hall–Kier alpha value is -3.55. The van der Waals surface area contributed by atoms with Crippen molar-refractivity contribution in [2.75, 3.05) is 17.2 Å². The summed E-state index contributed by atoms with van der Waals surface area (Å²) in [4.78, 5) is 19.9. The van der Waals surface area contributed by atoms with Crippen LogP contribution in [0, 0.1) is 11.3 Å². The maximum absolute atomic E-state index is 12.5. The van der Waals surface area contributed by atoms with Crippen LogP contribution in [0.1, 0.15) is 31.9 Å². The SMILES string of the molecule is CC(C)(C)OC(=O)CNc1nc(NCc2ccccc2OC(F)(F)F)ncc1C#N. The first-order valence-corrected chi connectivity index (χ1v) is 8.77. The lowest BCUT2D eigenvalue weighted by atomic mass is 10.2. The molecule has 2 rings (SSSR count). The smallest absolute Gasteiger partial charge is 0.459 e. The maximum Gasteiger partial charge on any atom is 0.573 e. The van der Waals surface area contributed by atoms with E-state index in [9.17, 15) is 23.2 Å². The molecule has 11 heteroatoms. The average Bonchev–Trinajstić information content (AvgIpc) is 2.63. The molecule has 2 aromatic rings. The molecule has 2 N–H and O–H groups in total. The van der Waals surface area contributed by atoms with Crippen molar-refractivity contribution in [2.45, 2.75) is 39.3 Å². The Bertz CT molecular complexity index is 936. The van der Waals surface area contributed by atoms with Gasteiger partial charge in [-0.2, -0.15) is 10.2 Å². The Morgan fingerprint density at radius 3 is 2.53 bits per heavy atom. The molecule has 0 saturated heterocycles. The monoisotopic (exact) mass is 423 g/mol. The molecule has 0 radical (unpaired) electrons. The number of carbonyl (C=O) groups is 1. The third-order valence-corrected chi connectivity index (χ3v) is 3.36. The fourth-order valence-corrected chi connectivity index (χ4v) is 2.27. The van der Waals surface area contributed by atoms with Gasteiger partial charge in [-0.15, -0.1) is 13.2 Å². The van der Waals surface area contributed by atoms with E-state index in [-0.39, 0.29) is 41.7 Å². The Labute approximate surface area is 171 Å². The number of halogens is 3. The van der Waals surface area contributed by atoms with E-state index < -0.39 is 17.9 Å². The molecule has 0 aliphatic carbocycles. The van der Waals surface area contributed by atoms with Crippen LogP contribution in [0.5, 0.6) is 5.75 Å². The van der Waals surface area contributed by atoms with Crippen molar-refractivity contribution in [1.29, 1.82) is 5.26 Å². The van der Waals surface area contributed by atoms with Gasteiger partial charge in [0.15, 0.2) is 0 Å². The Morgan fingerprint density at radius 2 is 1.90 bits per heavy atom. The van der Waals surface area contributed by atoms with E-state index >= 15 is 0 Å². The summed E-state index contributed by atoms with van der Waals surface area (Å²) in [7, 11) is 0. The number of nitrogens with zero attached hydrogens (tertiary/aromatic N) is 3. The molecule has 30 heavy (non-hydrogen) atoms. The lowest BCUT2D eigenvalue weighted by Crippen LogP contribution is -2.28. The molecule has 0 amide bonds. The summed E-state index contributed by atoms with van der Waals surface area (Å²) in [5, 5.41) is 14.7. The van der Waals surface area contributed by atoms with Gasteiger partial charge in [-0.1, -0.05) is 18.2 Å². The molecule has 160 valence electrons. The van der Waals surface area contributed by atoms with Crippen LogP contribution in [-0.2, 0) is 16.1 Å². The van der Waals surface area contributed by atoms with Gasteiger partial charge in [-0.05, 0) is 26.8 Å². The molecule has 0 saturated carbocycles. The number of nitrogens with one attached hydrogen (secondary N) is 2. The summed E-state index contributed by atoms with van der Waals surface area (Å²) in [6.45, 7) is 4.87. The summed E-state index contributed by atoms with van der Waals surface area (Å²) >= 11 is 0. The number of hydrogen-bond acceptors (Lipinski definition) is 8. The summed E-state index contributed by atoms with van der Waals surface area (Å²) in [5.74, 6) is -0.768. The van der Waals surface area contributed by atoms with Gasteiger partial charge < -0.3 is 20.1 Å². The third-order valence-electron chi connectivity index (χ3n) is 3.36.